The van der Waals surface area contributed by atoms with Gasteiger partial charge in [0.1, 0.15) is 0 Å². The molecular weight excluding hydrogens is 465 g/mol. The van der Waals surface area contributed by atoms with Gasteiger partial charge in [-0.3, -0.25) is 9.36 Å². The summed E-state index contributed by atoms with van der Waals surface area (Å²) in [6.45, 7) is 2.38. The molecule has 0 fully saturated rings. The Bertz CT molecular complexity index is 1210. The summed E-state index contributed by atoms with van der Waals surface area (Å²) in [6.07, 6.45) is 1.57. The first kappa shape index (κ1) is 22.3. The van der Waals surface area contributed by atoms with Crippen molar-refractivity contribution in [3.63, 3.8) is 0 Å². The van der Waals surface area contributed by atoms with Crippen molar-refractivity contribution in [2.24, 2.45) is 0 Å². The Kier molecular flexibility index (Phi) is 7.09. The van der Waals surface area contributed by atoms with Gasteiger partial charge in [-0.2, -0.15) is 0 Å². The van der Waals surface area contributed by atoms with E-state index in [9.17, 15) is 4.79 Å². The molecule has 0 bridgehead atoms. The lowest BCUT2D eigenvalue weighted by Gasteiger charge is -2.14. The van der Waals surface area contributed by atoms with Gasteiger partial charge in [0.15, 0.2) is 16.1 Å². The number of hydrogen-bond donors (Lipinski definition) is 1. The number of amides is 1. The van der Waals surface area contributed by atoms with Crippen LogP contribution in [0.1, 0.15) is 12.5 Å². The molecule has 0 radical (unpaired) electrons. The van der Waals surface area contributed by atoms with E-state index in [4.69, 9.17) is 23.2 Å². The smallest absolute Gasteiger partial charge is 0.237 e. The fourth-order valence-corrected chi connectivity index (χ4v) is 4.16. The fraction of sp³-hybridized carbons (Fsp3) is 0.130. The Morgan fingerprint density at radius 3 is 2.50 bits per heavy atom. The Morgan fingerprint density at radius 2 is 1.78 bits per heavy atom. The molecule has 0 spiro atoms. The standard InChI is InChI=1S/C23H19Cl2N5OS/c1-15(22(31)27-19-8-5-13-26-20(19)25)32-23-29-28-21(17-9-11-18(24)12-10-17)30(23)14-16-6-3-2-4-7-16/h2-13,15H,14H2,1H3,(H,27,31). The van der Waals surface area contributed by atoms with Gasteiger partial charge >= 0.3 is 0 Å². The molecule has 1 atom stereocenters. The van der Waals surface area contributed by atoms with Gasteiger partial charge in [-0.25, -0.2) is 4.98 Å². The van der Waals surface area contributed by atoms with Crippen LogP contribution in [0, 0.1) is 0 Å². The zero-order chi connectivity index (χ0) is 22.5. The lowest BCUT2D eigenvalue weighted by atomic mass is 10.2. The molecule has 6 nitrogen and oxygen atoms in total. The maximum Gasteiger partial charge on any atom is 0.237 e. The Balaban J connectivity index is 1.60. The fourth-order valence-electron chi connectivity index (χ4n) is 3.02. The summed E-state index contributed by atoms with van der Waals surface area (Å²) >= 11 is 13.4. The summed E-state index contributed by atoms with van der Waals surface area (Å²) in [7, 11) is 0. The van der Waals surface area contributed by atoms with E-state index in [1.54, 1.807) is 18.3 Å². The molecule has 0 aliphatic carbocycles. The first-order valence-corrected chi connectivity index (χ1v) is 11.5. The van der Waals surface area contributed by atoms with Crippen LogP contribution in [-0.4, -0.2) is 30.9 Å². The van der Waals surface area contributed by atoms with Crippen molar-refractivity contribution < 1.29 is 4.79 Å². The van der Waals surface area contributed by atoms with Gasteiger partial charge in [-0.15, -0.1) is 10.2 Å². The van der Waals surface area contributed by atoms with Crippen LogP contribution < -0.4 is 5.32 Å². The number of nitrogens with zero attached hydrogens (tertiary/aromatic N) is 4. The Labute approximate surface area is 200 Å². The molecule has 9 heteroatoms. The molecule has 1 N–H and O–H groups in total. The van der Waals surface area contributed by atoms with E-state index in [-0.39, 0.29) is 11.1 Å². The summed E-state index contributed by atoms with van der Waals surface area (Å²) in [5, 5.41) is 12.7. The summed E-state index contributed by atoms with van der Waals surface area (Å²) < 4.78 is 2.00. The van der Waals surface area contributed by atoms with Crippen molar-refractivity contribution >= 4 is 46.6 Å². The average molecular weight is 484 g/mol. The van der Waals surface area contributed by atoms with Crippen LogP contribution in [0.2, 0.25) is 10.2 Å². The van der Waals surface area contributed by atoms with Gasteiger partial charge in [0.05, 0.1) is 17.5 Å². The van der Waals surface area contributed by atoms with Crippen LogP contribution in [0.4, 0.5) is 5.69 Å². The number of carbonyl (C=O) groups is 1. The maximum absolute atomic E-state index is 12.8. The minimum absolute atomic E-state index is 0.202. The Morgan fingerprint density at radius 1 is 1.03 bits per heavy atom. The third-order valence-corrected chi connectivity index (χ3v) is 6.30. The zero-order valence-electron chi connectivity index (χ0n) is 17.1. The lowest BCUT2D eigenvalue weighted by Crippen LogP contribution is -2.23. The van der Waals surface area contributed by atoms with Crippen LogP contribution in [0.25, 0.3) is 11.4 Å². The molecule has 0 saturated carbocycles. The van der Waals surface area contributed by atoms with Crippen molar-refractivity contribution in [3.8, 4) is 11.4 Å². The maximum atomic E-state index is 12.8. The molecule has 2 aromatic heterocycles. The van der Waals surface area contributed by atoms with Gasteiger partial charge in [-0.05, 0) is 48.9 Å². The summed E-state index contributed by atoms with van der Waals surface area (Å²) in [4.78, 5) is 16.8. The number of anilines is 1. The summed E-state index contributed by atoms with van der Waals surface area (Å²) in [5.74, 6) is 0.503. The second-order valence-corrected chi connectivity index (χ2v) is 9.08. The highest BCUT2D eigenvalue weighted by Gasteiger charge is 2.22. The number of halogens is 2. The van der Waals surface area contributed by atoms with E-state index in [0.717, 1.165) is 11.1 Å². The van der Waals surface area contributed by atoms with E-state index in [1.165, 1.54) is 11.8 Å². The molecule has 1 unspecified atom stereocenters. The van der Waals surface area contributed by atoms with Crippen LogP contribution in [0.15, 0.2) is 78.1 Å². The van der Waals surface area contributed by atoms with Crippen LogP contribution in [0.5, 0.6) is 0 Å². The van der Waals surface area contributed by atoms with Crippen molar-refractivity contribution in [1.82, 2.24) is 19.7 Å². The number of carbonyl (C=O) groups excluding carboxylic acids is 1. The molecule has 4 rings (SSSR count). The van der Waals surface area contributed by atoms with E-state index >= 15 is 0 Å². The van der Waals surface area contributed by atoms with Crippen molar-refractivity contribution in [2.75, 3.05) is 5.32 Å². The zero-order valence-corrected chi connectivity index (χ0v) is 19.4. The topological polar surface area (TPSA) is 72.7 Å². The highest BCUT2D eigenvalue weighted by Crippen LogP contribution is 2.29. The SMILES string of the molecule is CC(Sc1nnc(-c2ccc(Cl)cc2)n1Cc1ccccc1)C(=O)Nc1cccnc1Cl. The van der Waals surface area contributed by atoms with Gasteiger partial charge in [0.25, 0.3) is 0 Å². The number of pyridine rings is 1. The molecule has 0 aliphatic rings. The minimum atomic E-state index is -0.442. The first-order chi connectivity index (χ1) is 15.5. The van der Waals surface area contributed by atoms with E-state index in [2.05, 4.69) is 20.5 Å². The molecule has 32 heavy (non-hydrogen) atoms. The molecule has 0 saturated heterocycles. The third-order valence-electron chi connectivity index (χ3n) is 4.67. The second-order valence-electron chi connectivity index (χ2n) is 6.98. The molecular formula is C23H19Cl2N5OS. The molecule has 1 amide bonds. The quantitative estimate of drug-likeness (QED) is 0.265. The summed E-state index contributed by atoms with van der Waals surface area (Å²) in [5.41, 5.74) is 2.46. The van der Waals surface area contributed by atoms with Crippen LogP contribution in [0.3, 0.4) is 0 Å². The predicted octanol–water partition coefficient (Wildman–Crippen LogP) is 5.81. The van der Waals surface area contributed by atoms with Crippen molar-refractivity contribution in [2.45, 2.75) is 23.9 Å². The lowest BCUT2D eigenvalue weighted by molar-refractivity contribution is -0.115. The number of hydrogen-bond acceptors (Lipinski definition) is 5. The van der Waals surface area contributed by atoms with Crippen molar-refractivity contribution in [3.05, 3.63) is 88.7 Å². The van der Waals surface area contributed by atoms with Gasteiger partial charge in [-0.1, -0.05) is 65.3 Å². The number of benzene rings is 2. The predicted molar refractivity (Wildman–Crippen MR) is 129 cm³/mol. The van der Waals surface area contributed by atoms with Crippen LogP contribution in [-0.2, 0) is 11.3 Å². The number of aromatic nitrogens is 4. The third kappa shape index (κ3) is 5.30. The molecule has 2 aromatic carbocycles. The minimum Gasteiger partial charge on any atom is -0.322 e. The number of rotatable bonds is 7. The van der Waals surface area contributed by atoms with E-state index in [0.29, 0.717) is 28.2 Å². The van der Waals surface area contributed by atoms with E-state index < -0.39 is 5.25 Å². The molecule has 162 valence electrons. The van der Waals surface area contributed by atoms with E-state index in [1.807, 2.05) is 66.1 Å². The number of thioether (sulfide) groups is 1. The molecule has 2 heterocycles. The van der Waals surface area contributed by atoms with Crippen molar-refractivity contribution in [1.29, 1.82) is 0 Å². The molecule has 0 aliphatic heterocycles. The van der Waals surface area contributed by atoms with Gasteiger partial charge in [0, 0.05) is 16.8 Å². The second kappa shape index (κ2) is 10.2. The van der Waals surface area contributed by atoms with Gasteiger partial charge < -0.3 is 5.32 Å². The van der Waals surface area contributed by atoms with Crippen LogP contribution >= 0.6 is 35.0 Å². The largest absolute Gasteiger partial charge is 0.322 e. The average Bonchev–Trinajstić information content (AvgIpc) is 3.18. The Hall–Kier alpha value is -2.87. The monoisotopic (exact) mass is 483 g/mol. The number of nitrogens with one attached hydrogen (secondary N) is 1. The normalized spacial score (nSPS) is 11.8. The highest BCUT2D eigenvalue weighted by molar-refractivity contribution is 8.00. The van der Waals surface area contributed by atoms with Gasteiger partial charge in [0.2, 0.25) is 5.91 Å². The molecule has 4 aromatic rings. The highest BCUT2D eigenvalue weighted by atomic mass is 35.5. The first-order valence-electron chi connectivity index (χ1n) is 9.82. The summed E-state index contributed by atoms with van der Waals surface area (Å²) in [6, 6.07) is 20.9.